The first-order valence-corrected chi connectivity index (χ1v) is 14.6. The van der Waals surface area contributed by atoms with Crippen LogP contribution in [0.2, 0.25) is 0 Å². The van der Waals surface area contributed by atoms with Crippen molar-refractivity contribution in [2.24, 2.45) is 0 Å². The fourth-order valence-corrected chi connectivity index (χ4v) is 4.53. The summed E-state index contributed by atoms with van der Waals surface area (Å²) in [6.45, 7) is 2.05. The van der Waals surface area contributed by atoms with Crippen LogP contribution in [-0.4, -0.2) is 40.6 Å². The number of nitrogens with zero attached hydrogens (tertiary/aromatic N) is 2. The smallest absolute Gasteiger partial charge is 0.227 e. The van der Waals surface area contributed by atoms with Gasteiger partial charge in [0.15, 0.2) is 12.4 Å². The summed E-state index contributed by atoms with van der Waals surface area (Å²) in [5.74, 6) is 4.05. The second-order valence-electron chi connectivity index (χ2n) is 9.88. The Hall–Kier alpha value is -5.58. The Kier molecular flexibility index (Phi) is 12.6. The first kappa shape index (κ1) is 34.3. The predicted octanol–water partition coefficient (Wildman–Crippen LogP) is 7.22. The van der Waals surface area contributed by atoms with E-state index in [4.69, 9.17) is 28.4 Å². The van der Waals surface area contributed by atoms with Crippen LogP contribution in [0.5, 0.6) is 34.5 Å². The number of methoxy groups -OCH3 is 2. The van der Waals surface area contributed by atoms with Crippen molar-refractivity contribution < 1.29 is 37.9 Å². The zero-order valence-electron chi connectivity index (χ0n) is 25.5. The summed E-state index contributed by atoms with van der Waals surface area (Å²) in [7, 11) is 3.27. The van der Waals surface area contributed by atoms with Crippen LogP contribution in [0.25, 0.3) is 21.8 Å². The molecule has 0 aliphatic carbocycles. The van der Waals surface area contributed by atoms with Crippen LogP contribution < -0.4 is 28.4 Å². The van der Waals surface area contributed by atoms with E-state index in [1.165, 1.54) is 12.4 Å². The largest absolute Gasteiger partial charge is 0.618 e. The molecule has 6 aromatic rings. The quantitative estimate of drug-likeness (QED) is 0.0786. The maximum atomic E-state index is 11.8. The highest BCUT2D eigenvalue weighted by molar-refractivity contribution is 5.83. The van der Waals surface area contributed by atoms with E-state index in [2.05, 4.69) is 0 Å². The molecule has 0 radical (unpaired) electrons. The minimum atomic E-state index is 0. The first-order valence-electron chi connectivity index (χ1n) is 14.6. The van der Waals surface area contributed by atoms with Gasteiger partial charge in [0.1, 0.15) is 47.7 Å². The molecule has 2 heterocycles. The molecule has 0 saturated heterocycles. The molecule has 0 spiro atoms. The average Bonchev–Trinajstić information content (AvgIpc) is 3.07. The lowest BCUT2D eigenvalue weighted by molar-refractivity contribution is -0.577. The van der Waals surface area contributed by atoms with Gasteiger partial charge in [-0.1, -0.05) is 25.6 Å². The number of fused-ring (bicyclic) bond motifs is 2. The van der Waals surface area contributed by atoms with Gasteiger partial charge < -0.3 is 38.8 Å². The molecule has 0 saturated carbocycles. The average molecular weight is 639 g/mol. The molecule has 244 valence electrons. The fraction of sp³-hybridized carbons (Fsp3) is 0.189. The number of aromatic nitrogens is 2. The van der Waals surface area contributed by atoms with Gasteiger partial charge in [-0.3, -0.25) is 0 Å². The van der Waals surface area contributed by atoms with Crippen LogP contribution in [0.1, 0.15) is 7.43 Å². The summed E-state index contributed by atoms with van der Waals surface area (Å²) in [5.41, 5.74) is 1.14. The number of hydrogen-bond donors (Lipinski definition) is 0. The molecule has 0 amide bonds. The Morgan fingerprint density at radius 2 is 0.957 bits per heavy atom. The number of benzene rings is 4. The van der Waals surface area contributed by atoms with Gasteiger partial charge in [0.2, 0.25) is 11.0 Å². The highest BCUT2D eigenvalue weighted by Gasteiger charge is 2.11. The third kappa shape index (κ3) is 9.23. The predicted molar refractivity (Wildman–Crippen MR) is 180 cm³/mol. The van der Waals surface area contributed by atoms with E-state index in [1.807, 2.05) is 72.8 Å². The van der Waals surface area contributed by atoms with E-state index in [1.54, 1.807) is 50.6 Å². The van der Waals surface area contributed by atoms with E-state index < -0.39 is 0 Å². The van der Waals surface area contributed by atoms with Crippen LogP contribution >= 0.6 is 0 Å². The molecule has 0 unspecified atom stereocenters. The lowest BCUT2D eigenvalue weighted by Gasteiger charge is -2.10. The molecule has 0 fully saturated rings. The van der Waals surface area contributed by atoms with E-state index in [9.17, 15) is 10.4 Å². The summed E-state index contributed by atoms with van der Waals surface area (Å²) in [5, 5.41) is 25.1. The van der Waals surface area contributed by atoms with Crippen LogP contribution in [0.3, 0.4) is 0 Å². The Morgan fingerprint density at radius 1 is 0.489 bits per heavy atom. The topological polar surface area (TPSA) is 109 Å². The minimum Gasteiger partial charge on any atom is -0.618 e. The van der Waals surface area contributed by atoms with Crippen molar-refractivity contribution in [1.82, 2.24) is 0 Å². The molecule has 0 N–H and O–H groups in total. The molecular formula is C37H38N2O8. The van der Waals surface area contributed by atoms with E-state index in [0.29, 0.717) is 66.2 Å². The van der Waals surface area contributed by atoms with Gasteiger partial charge in [-0.15, -0.1) is 0 Å². The molecule has 2 aromatic heterocycles. The van der Waals surface area contributed by atoms with Gasteiger partial charge in [-0.2, -0.15) is 9.46 Å². The Bertz CT molecular complexity index is 1860. The van der Waals surface area contributed by atoms with Gasteiger partial charge in [-0.25, -0.2) is 0 Å². The molecule has 0 aliphatic heterocycles. The zero-order chi connectivity index (χ0) is 32.1. The van der Waals surface area contributed by atoms with Crippen molar-refractivity contribution in [3.8, 4) is 34.5 Å². The summed E-state index contributed by atoms with van der Waals surface area (Å²) in [4.78, 5) is 0. The second kappa shape index (κ2) is 17.2. The van der Waals surface area contributed by atoms with Crippen molar-refractivity contribution in [3.63, 3.8) is 0 Å². The summed E-state index contributed by atoms with van der Waals surface area (Å²) in [6, 6.07) is 32.6. The van der Waals surface area contributed by atoms with Crippen molar-refractivity contribution in [3.05, 3.63) is 132 Å². The van der Waals surface area contributed by atoms with Crippen LogP contribution in [0.15, 0.2) is 122 Å². The Labute approximate surface area is 274 Å². The Balaban J connectivity index is 0.000000208. The number of rotatable bonds is 12. The van der Waals surface area contributed by atoms with Gasteiger partial charge >= 0.3 is 0 Å². The maximum absolute atomic E-state index is 11.8. The SMILES string of the molecule is C.COCCOc1ccc(Oc2cccc3c2ccc[n+]3[O-])cc1.COCCOc1cccc(Oc2cccc3c2ccc[n+]3[O-])c1. The van der Waals surface area contributed by atoms with E-state index in [0.717, 1.165) is 26.0 Å². The first-order chi connectivity index (χ1) is 22.6. The molecule has 0 aliphatic rings. The zero-order valence-corrected chi connectivity index (χ0v) is 25.5. The van der Waals surface area contributed by atoms with Crippen molar-refractivity contribution in [2.45, 2.75) is 7.43 Å². The second-order valence-corrected chi connectivity index (χ2v) is 9.88. The van der Waals surface area contributed by atoms with Crippen LogP contribution in [0, 0.1) is 10.4 Å². The maximum Gasteiger partial charge on any atom is 0.227 e. The summed E-state index contributed by atoms with van der Waals surface area (Å²) in [6.07, 6.45) is 2.94. The molecule has 6 rings (SSSR count). The van der Waals surface area contributed by atoms with E-state index >= 15 is 0 Å². The van der Waals surface area contributed by atoms with Gasteiger partial charge in [0.25, 0.3) is 0 Å². The fourth-order valence-electron chi connectivity index (χ4n) is 4.53. The van der Waals surface area contributed by atoms with Gasteiger partial charge in [0.05, 0.1) is 24.0 Å². The molecular weight excluding hydrogens is 600 g/mol. The summed E-state index contributed by atoms with van der Waals surface area (Å²) < 4.78 is 34.5. The monoisotopic (exact) mass is 638 g/mol. The lowest BCUT2D eigenvalue weighted by Crippen LogP contribution is -2.25. The number of pyridine rings is 2. The standard InChI is InChI=1S/2C18H17NO4.CH4/c1-21-11-12-22-14-5-2-6-15(13-14)23-18-9-3-8-17-16(18)7-4-10-19(17)20;1-21-12-13-22-14-7-9-15(10-8-14)23-18-6-2-5-17-16(18)4-3-11-19(17)20;/h2-10,13H,11-12H2,1H3;2-11H,12-13H2,1H3;1H4. The lowest BCUT2D eigenvalue weighted by atomic mass is 10.2. The molecule has 10 nitrogen and oxygen atoms in total. The van der Waals surface area contributed by atoms with Crippen molar-refractivity contribution in [1.29, 1.82) is 0 Å². The van der Waals surface area contributed by atoms with Crippen molar-refractivity contribution in [2.75, 3.05) is 40.6 Å². The third-order valence-electron chi connectivity index (χ3n) is 6.73. The third-order valence-corrected chi connectivity index (χ3v) is 6.73. The van der Waals surface area contributed by atoms with E-state index in [-0.39, 0.29) is 7.43 Å². The molecule has 0 bridgehead atoms. The van der Waals surface area contributed by atoms with Crippen molar-refractivity contribution >= 4 is 21.8 Å². The highest BCUT2D eigenvalue weighted by Crippen LogP contribution is 2.31. The highest BCUT2D eigenvalue weighted by atomic mass is 16.5. The summed E-state index contributed by atoms with van der Waals surface area (Å²) >= 11 is 0. The van der Waals surface area contributed by atoms with Gasteiger partial charge in [0, 0.05) is 44.6 Å². The van der Waals surface area contributed by atoms with Crippen LogP contribution in [-0.2, 0) is 9.47 Å². The molecule has 47 heavy (non-hydrogen) atoms. The van der Waals surface area contributed by atoms with Gasteiger partial charge in [-0.05, 0) is 60.7 Å². The molecule has 0 atom stereocenters. The normalized spacial score (nSPS) is 10.4. The minimum absolute atomic E-state index is 0. The molecule has 4 aromatic carbocycles. The molecule has 10 heteroatoms. The number of hydrogen-bond acceptors (Lipinski definition) is 8. The number of ether oxygens (including phenoxy) is 6. The Morgan fingerprint density at radius 3 is 1.51 bits per heavy atom. The van der Waals surface area contributed by atoms with Crippen LogP contribution in [0.4, 0.5) is 0 Å².